The zero-order valence-corrected chi connectivity index (χ0v) is 15.1. The van der Waals surface area contributed by atoms with E-state index >= 15 is 0 Å². The molecular weight excluding hydrogens is 308 g/mol. The van der Waals surface area contributed by atoms with Gasteiger partial charge in [0.05, 0.1) is 26.4 Å². The van der Waals surface area contributed by atoms with Crippen LogP contribution in [0.1, 0.15) is 68.6 Å². The van der Waals surface area contributed by atoms with Crippen LogP contribution in [0.25, 0.3) is 0 Å². The molecule has 136 valence electrons. The fourth-order valence-electron chi connectivity index (χ4n) is 2.40. The highest BCUT2D eigenvalue weighted by Gasteiger charge is 2.12. The summed E-state index contributed by atoms with van der Waals surface area (Å²) in [6.45, 7) is 2.65. The van der Waals surface area contributed by atoms with Gasteiger partial charge in [-0.2, -0.15) is 4.89 Å². The lowest BCUT2D eigenvalue weighted by Gasteiger charge is -2.09. The van der Waals surface area contributed by atoms with Crippen LogP contribution in [0.3, 0.4) is 0 Å². The summed E-state index contributed by atoms with van der Waals surface area (Å²) in [5.74, 6) is 0.513. The number of rotatable bonds is 13. The number of hydrogen-bond acceptors (Lipinski definition) is 5. The summed E-state index contributed by atoms with van der Waals surface area (Å²) in [5.41, 5.74) is 0.364. The van der Waals surface area contributed by atoms with E-state index in [1.807, 2.05) is 0 Å². The Morgan fingerprint density at radius 1 is 0.875 bits per heavy atom. The quantitative estimate of drug-likeness (QED) is 0.290. The summed E-state index contributed by atoms with van der Waals surface area (Å²) >= 11 is 0. The molecule has 0 heterocycles. The molecule has 0 radical (unpaired) electrons. The van der Waals surface area contributed by atoms with Gasteiger partial charge in [0.1, 0.15) is 0 Å². The van der Waals surface area contributed by atoms with Gasteiger partial charge in [-0.05, 0) is 24.6 Å². The van der Waals surface area contributed by atoms with E-state index in [-0.39, 0.29) is 0 Å². The molecule has 0 saturated carbocycles. The van der Waals surface area contributed by atoms with Crippen LogP contribution in [-0.2, 0) is 9.78 Å². The van der Waals surface area contributed by atoms with E-state index in [0.717, 1.165) is 12.8 Å². The Morgan fingerprint density at radius 2 is 1.50 bits per heavy atom. The van der Waals surface area contributed by atoms with Crippen LogP contribution >= 0.6 is 0 Å². The molecule has 24 heavy (non-hydrogen) atoms. The van der Waals surface area contributed by atoms with E-state index in [2.05, 4.69) is 6.92 Å². The number of methoxy groups -OCH3 is 2. The third-order valence-corrected chi connectivity index (χ3v) is 3.84. The van der Waals surface area contributed by atoms with Crippen molar-refractivity contribution in [2.75, 3.05) is 20.8 Å². The number of carbonyl (C=O) groups excluding carboxylic acids is 1. The minimum Gasteiger partial charge on any atom is -0.493 e. The molecule has 0 fully saturated rings. The Bertz CT molecular complexity index is 473. The maximum absolute atomic E-state index is 11.9. The molecule has 1 aromatic carbocycles. The Balaban J connectivity index is 2.16. The highest BCUT2D eigenvalue weighted by Crippen LogP contribution is 2.27. The van der Waals surface area contributed by atoms with Gasteiger partial charge < -0.3 is 9.47 Å². The van der Waals surface area contributed by atoms with Crippen molar-refractivity contribution < 1.29 is 24.0 Å². The standard InChI is InChI=1S/C19H30O5/c1-4-5-6-7-8-9-10-11-14-23-24-19(20)16-12-13-17(21-2)18(15-16)22-3/h12-13,15H,4-11,14H2,1-3H3. The SMILES string of the molecule is CCCCCCCCCCOOC(=O)c1ccc(OC)c(OC)c1. The van der Waals surface area contributed by atoms with Crippen molar-refractivity contribution in [2.45, 2.75) is 58.3 Å². The predicted molar refractivity (Wildman–Crippen MR) is 93.5 cm³/mol. The number of ether oxygens (including phenoxy) is 2. The van der Waals surface area contributed by atoms with Gasteiger partial charge in [-0.1, -0.05) is 51.9 Å². The number of hydrogen-bond donors (Lipinski definition) is 0. The Hall–Kier alpha value is -1.75. The Morgan fingerprint density at radius 3 is 2.12 bits per heavy atom. The molecule has 1 aromatic rings. The first-order valence-corrected chi connectivity index (χ1v) is 8.78. The highest BCUT2D eigenvalue weighted by atomic mass is 17.2. The maximum Gasteiger partial charge on any atom is 0.373 e. The van der Waals surface area contributed by atoms with Gasteiger partial charge in [0.25, 0.3) is 0 Å². The monoisotopic (exact) mass is 338 g/mol. The second-order valence-corrected chi connectivity index (χ2v) is 5.74. The second-order valence-electron chi connectivity index (χ2n) is 5.74. The van der Waals surface area contributed by atoms with Crippen molar-refractivity contribution in [3.05, 3.63) is 23.8 Å². The molecule has 0 aliphatic rings. The zero-order valence-electron chi connectivity index (χ0n) is 15.1. The number of unbranched alkanes of at least 4 members (excludes halogenated alkanes) is 7. The smallest absolute Gasteiger partial charge is 0.373 e. The van der Waals surface area contributed by atoms with E-state index in [1.165, 1.54) is 45.6 Å². The Kier molecular flexibility index (Phi) is 10.7. The van der Waals surface area contributed by atoms with Gasteiger partial charge in [-0.15, -0.1) is 0 Å². The zero-order chi connectivity index (χ0) is 17.6. The topological polar surface area (TPSA) is 54.0 Å². The fourth-order valence-corrected chi connectivity index (χ4v) is 2.40. The summed E-state index contributed by atoms with van der Waals surface area (Å²) in [4.78, 5) is 21.7. The molecule has 0 aliphatic heterocycles. The minimum atomic E-state index is -0.532. The van der Waals surface area contributed by atoms with Gasteiger partial charge in [0.2, 0.25) is 0 Å². The third-order valence-electron chi connectivity index (χ3n) is 3.84. The summed E-state index contributed by atoms with van der Waals surface area (Å²) in [6, 6.07) is 4.85. The van der Waals surface area contributed by atoms with Crippen LogP contribution in [0.15, 0.2) is 18.2 Å². The summed E-state index contributed by atoms with van der Waals surface area (Å²) in [6.07, 6.45) is 9.71. The lowest BCUT2D eigenvalue weighted by atomic mass is 10.1. The first-order chi connectivity index (χ1) is 11.7. The molecule has 0 aromatic heterocycles. The van der Waals surface area contributed by atoms with Crippen molar-refractivity contribution in [3.8, 4) is 11.5 Å². The van der Waals surface area contributed by atoms with Crippen LogP contribution in [0, 0.1) is 0 Å². The summed E-state index contributed by atoms with van der Waals surface area (Å²) in [7, 11) is 3.06. The van der Waals surface area contributed by atoms with E-state index in [4.69, 9.17) is 19.2 Å². The first-order valence-electron chi connectivity index (χ1n) is 8.78. The van der Waals surface area contributed by atoms with Crippen molar-refractivity contribution >= 4 is 5.97 Å². The van der Waals surface area contributed by atoms with Crippen molar-refractivity contribution in [1.82, 2.24) is 0 Å². The van der Waals surface area contributed by atoms with E-state index < -0.39 is 5.97 Å². The average molecular weight is 338 g/mol. The van der Waals surface area contributed by atoms with E-state index in [9.17, 15) is 4.79 Å². The molecular formula is C19H30O5. The predicted octanol–water partition coefficient (Wildman–Crippen LogP) is 4.93. The van der Waals surface area contributed by atoms with Crippen LogP contribution in [0.5, 0.6) is 11.5 Å². The number of carbonyl (C=O) groups is 1. The van der Waals surface area contributed by atoms with Gasteiger partial charge in [-0.3, -0.25) is 4.89 Å². The molecule has 0 bridgehead atoms. The van der Waals surface area contributed by atoms with Gasteiger partial charge >= 0.3 is 5.97 Å². The highest BCUT2D eigenvalue weighted by molar-refractivity contribution is 5.89. The molecule has 0 spiro atoms. The lowest BCUT2D eigenvalue weighted by Crippen LogP contribution is -2.07. The Labute approximate surface area is 145 Å². The van der Waals surface area contributed by atoms with E-state index in [1.54, 1.807) is 25.3 Å². The molecule has 0 saturated heterocycles. The minimum absolute atomic E-state index is 0.364. The lowest BCUT2D eigenvalue weighted by molar-refractivity contribution is -0.241. The molecule has 0 amide bonds. The molecule has 1 rings (SSSR count). The fraction of sp³-hybridized carbons (Fsp3) is 0.632. The molecule has 5 nitrogen and oxygen atoms in total. The molecule has 0 aliphatic carbocycles. The van der Waals surface area contributed by atoms with Gasteiger partial charge in [-0.25, -0.2) is 4.79 Å². The van der Waals surface area contributed by atoms with E-state index in [0.29, 0.717) is 23.7 Å². The average Bonchev–Trinajstić information content (AvgIpc) is 2.62. The normalized spacial score (nSPS) is 10.5. The van der Waals surface area contributed by atoms with Crippen LogP contribution < -0.4 is 9.47 Å². The van der Waals surface area contributed by atoms with Crippen molar-refractivity contribution in [1.29, 1.82) is 0 Å². The van der Waals surface area contributed by atoms with Crippen molar-refractivity contribution in [3.63, 3.8) is 0 Å². The largest absolute Gasteiger partial charge is 0.493 e. The molecule has 0 atom stereocenters. The van der Waals surface area contributed by atoms with Crippen molar-refractivity contribution in [2.24, 2.45) is 0 Å². The van der Waals surface area contributed by atoms with Crippen LogP contribution in [0.2, 0.25) is 0 Å². The maximum atomic E-state index is 11.9. The first kappa shape index (κ1) is 20.3. The molecule has 0 N–H and O–H groups in total. The van der Waals surface area contributed by atoms with Gasteiger partial charge in [0.15, 0.2) is 11.5 Å². The van der Waals surface area contributed by atoms with Crippen LogP contribution in [-0.4, -0.2) is 26.8 Å². The van der Waals surface area contributed by atoms with Crippen LogP contribution in [0.4, 0.5) is 0 Å². The molecule has 0 unspecified atom stereocenters. The summed E-state index contributed by atoms with van der Waals surface area (Å²) in [5, 5.41) is 0. The number of benzene rings is 1. The molecule has 5 heteroatoms. The third kappa shape index (κ3) is 7.68. The summed E-state index contributed by atoms with van der Waals surface area (Å²) < 4.78 is 10.3. The second kappa shape index (κ2) is 12.6. The van der Waals surface area contributed by atoms with Gasteiger partial charge in [0, 0.05) is 0 Å².